The van der Waals surface area contributed by atoms with Crippen LogP contribution in [0.15, 0.2) is 53.4 Å². The Kier molecular flexibility index (Phi) is 8.07. The molecule has 1 saturated heterocycles. The van der Waals surface area contributed by atoms with Crippen molar-refractivity contribution in [2.45, 2.75) is 56.8 Å². The molecule has 1 fully saturated rings. The molecule has 2 aromatic carbocycles. The summed E-state index contributed by atoms with van der Waals surface area (Å²) in [6.45, 7) is 5.04. The van der Waals surface area contributed by atoms with Crippen LogP contribution in [0.5, 0.6) is 0 Å². The second kappa shape index (κ2) is 10.8. The Morgan fingerprint density at radius 2 is 1.73 bits per heavy atom. The molecule has 0 N–H and O–H groups in total. The number of hydrogen-bond acceptors (Lipinski definition) is 5. The van der Waals surface area contributed by atoms with Crippen LogP contribution in [0.1, 0.15) is 57.4 Å². The highest BCUT2D eigenvalue weighted by Crippen LogP contribution is 2.28. The van der Waals surface area contributed by atoms with Gasteiger partial charge in [-0.3, -0.25) is 19.2 Å². The monoisotopic (exact) mass is 473 g/mol. The number of nitrogens with zero attached hydrogens (tertiary/aromatic N) is 3. The summed E-state index contributed by atoms with van der Waals surface area (Å²) in [6, 6.07) is 12.1. The van der Waals surface area contributed by atoms with E-state index >= 15 is 0 Å². The van der Waals surface area contributed by atoms with Gasteiger partial charge < -0.3 is 4.90 Å². The average Bonchev–Trinajstić information content (AvgIpc) is 3.12. The van der Waals surface area contributed by atoms with E-state index in [4.69, 9.17) is 0 Å². The molecule has 9 heteroatoms. The van der Waals surface area contributed by atoms with Crippen LogP contribution in [0, 0.1) is 10.1 Å². The van der Waals surface area contributed by atoms with Gasteiger partial charge in [0.15, 0.2) is 0 Å². The number of anilines is 1. The number of sulfonamides is 1. The van der Waals surface area contributed by atoms with Gasteiger partial charge in [0, 0.05) is 25.2 Å². The maximum atomic E-state index is 13.6. The lowest BCUT2D eigenvalue weighted by Crippen LogP contribution is -2.43. The van der Waals surface area contributed by atoms with E-state index in [-0.39, 0.29) is 23.0 Å². The van der Waals surface area contributed by atoms with Crippen LogP contribution in [0.2, 0.25) is 0 Å². The van der Waals surface area contributed by atoms with Crippen LogP contribution in [-0.4, -0.2) is 43.8 Å². The number of nitro groups is 1. The first kappa shape index (κ1) is 24.7. The highest BCUT2D eigenvalue weighted by Gasteiger charge is 2.30. The molecule has 0 saturated carbocycles. The molecule has 33 heavy (non-hydrogen) atoms. The summed E-state index contributed by atoms with van der Waals surface area (Å²) >= 11 is 0. The fraction of sp³-hybridized carbons (Fsp3) is 0.458. The van der Waals surface area contributed by atoms with Gasteiger partial charge in [-0.25, -0.2) is 8.42 Å². The largest absolute Gasteiger partial charge is 0.341 e. The van der Waals surface area contributed by atoms with Crippen molar-refractivity contribution in [1.29, 1.82) is 0 Å². The summed E-state index contributed by atoms with van der Waals surface area (Å²) in [5.74, 6) is 0.0523. The van der Waals surface area contributed by atoms with Gasteiger partial charge in [0.25, 0.3) is 15.7 Å². The number of hydrogen-bond donors (Lipinski definition) is 0. The third-order valence-electron chi connectivity index (χ3n) is 6.22. The Bertz CT molecular complexity index is 1080. The molecule has 1 aliphatic heterocycles. The summed E-state index contributed by atoms with van der Waals surface area (Å²) in [6.07, 6.45) is 4.84. The molecular weight excluding hydrogens is 442 g/mol. The quantitative estimate of drug-likeness (QED) is 0.408. The number of amides is 1. The van der Waals surface area contributed by atoms with E-state index in [1.807, 2.05) is 12.1 Å². The zero-order valence-corrected chi connectivity index (χ0v) is 20.0. The summed E-state index contributed by atoms with van der Waals surface area (Å²) < 4.78 is 28.3. The van der Waals surface area contributed by atoms with Crippen LogP contribution in [0.25, 0.3) is 0 Å². The Hall–Kier alpha value is -2.94. The molecule has 2 aromatic rings. The van der Waals surface area contributed by atoms with Crippen molar-refractivity contribution in [3.63, 3.8) is 0 Å². The van der Waals surface area contributed by atoms with E-state index in [9.17, 15) is 23.3 Å². The fourth-order valence-corrected chi connectivity index (χ4v) is 5.40. The molecule has 0 bridgehead atoms. The number of nitro benzene ring substituents is 1. The Morgan fingerprint density at radius 1 is 1.09 bits per heavy atom. The molecular formula is C24H31N3O5S. The van der Waals surface area contributed by atoms with Gasteiger partial charge in [-0.05, 0) is 48.9 Å². The normalized spacial score (nSPS) is 15.5. The van der Waals surface area contributed by atoms with E-state index in [1.54, 1.807) is 17.0 Å². The molecule has 0 aromatic heterocycles. The minimum Gasteiger partial charge on any atom is -0.341 e. The first-order valence-electron chi connectivity index (χ1n) is 11.4. The molecule has 1 aliphatic rings. The van der Waals surface area contributed by atoms with Gasteiger partial charge in [0.2, 0.25) is 5.91 Å². The maximum absolute atomic E-state index is 13.6. The number of likely N-dealkylation sites (tertiary alicyclic amines) is 1. The molecule has 3 rings (SSSR count). The van der Waals surface area contributed by atoms with Gasteiger partial charge in [0.1, 0.15) is 6.54 Å². The topological polar surface area (TPSA) is 101 Å². The Labute approximate surface area is 195 Å². The predicted molar refractivity (Wildman–Crippen MR) is 128 cm³/mol. The zero-order chi connectivity index (χ0) is 24.0. The molecule has 1 atom stereocenters. The van der Waals surface area contributed by atoms with Crippen LogP contribution in [-0.2, 0) is 14.8 Å². The van der Waals surface area contributed by atoms with Crippen LogP contribution < -0.4 is 4.31 Å². The molecule has 178 valence electrons. The van der Waals surface area contributed by atoms with Gasteiger partial charge in [-0.1, -0.05) is 44.9 Å². The number of carbonyl (C=O) groups excluding carboxylic acids is 1. The van der Waals surface area contributed by atoms with Crippen molar-refractivity contribution < 1.29 is 18.1 Å². The highest BCUT2D eigenvalue weighted by molar-refractivity contribution is 7.92. The van der Waals surface area contributed by atoms with Gasteiger partial charge >= 0.3 is 0 Å². The molecule has 0 spiro atoms. The van der Waals surface area contributed by atoms with Crippen molar-refractivity contribution >= 4 is 27.3 Å². The van der Waals surface area contributed by atoms with Crippen molar-refractivity contribution in [2.24, 2.45) is 0 Å². The van der Waals surface area contributed by atoms with Gasteiger partial charge in [-0.15, -0.1) is 0 Å². The summed E-state index contributed by atoms with van der Waals surface area (Å²) in [5, 5.41) is 11.2. The second-order valence-corrected chi connectivity index (χ2v) is 10.3. The zero-order valence-electron chi connectivity index (χ0n) is 19.1. The Morgan fingerprint density at radius 3 is 2.30 bits per heavy atom. The molecule has 0 unspecified atom stereocenters. The second-order valence-electron chi connectivity index (χ2n) is 8.46. The molecule has 0 radical (unpaired) electrons. The third-order valence-corrected chi connectivity index (χ3v) is 7.99. The van der Waals surface area contributed by atoms with Crippen LogP contribution in [0.3, 0.4) is 0 Å². The molecule has 0 aliphatic carbocycles. The minimum atomic E-state index is -4.21. The summed E-state index contributed by atoms with van der Waals surface area (Å²) in [5.41, 5.74) is 1.12. The molecule has 8 nitrogen and oxygen atoms in total. The smallest absolute Gasteiger partial charge is 0.270 e. The van der Waals surface area contributed by atoms with E-state index in [0.29, 0.717) is 24.7 Å². The maximum Gasteiger partial charge on any atom is 0.270 e. The third kappa shape index (κ3) is 5.90. The summed E-state index contributed by atoms with van der Waals surface area (Å²) in [4.78, 5) is 25.2. The standard InChI is InChI=1S/C24H31N3O5S/c1-3-19(2)20-11-13-21(14-12-20)26(18-24(28)25-15-6-4-5-7-16-25)33(31,32)23-10-8-9-22(17-23)27(29)30/h8-14,17,19H,3-7,15-16,18H2,1-2H3/t19-/m0/s1. The van der Waals surface area contributed by atoms with Crippen molar-refractivity contribution in [3.05, 3.63) is 64.2 Å². The lowest BCUT2D eigenvalue weighted by molar-refractivity contribution is -0.385. The summed E-state index contributed by atoms with van der Waals surface area (Å²) in [7, 11) is -4.21. The minimum absolute atomic E-state index is 0.216. The highest BCUT2D eigenvalue weighted by atomic mass is 32.2. The van der Waals surface area contributed by atoms with Crippen LogP contribution >= 0.6 is 0 Å². The lowest BCUT2D eigenvalue weighted by Gasteiger charge is -2.28. The van der Waals surface area contributed by atoms with Gasteiger partial charge in [-0.2, -0.15) is 0 Å². The first-order chi connectivity index (χ1) is 15.7. The number of carbonyl (C=O) groups is 1. The predicted octanol–water partition coefficient (Wildman–Crippen LogP) is 4.71. The lowest BCUT2D eigenvalue weighted by atomic mass is 9.99. The number of rotatable bonds is 8. The Balaban J connectivity index is 1.99. The number of non-ortho nitro benzene ring substituents is 1. The molecule has 1 amide bonds. The first-order valence-corrected chi connectivity index (χ1v) is 12.8. The van der Waals surface area contributed by atoms with Crippen molar-refractivity contribution in [2.75, 3.05) is 23.9 Å². The van der Waals surface area contributed by atoms with E-state index in [2.05, 4.69) is 13.8 Å². The van der Waals surface area contributed by atoms with E-state index < -0.39 is 14.9 Å². The molecule has 1 heterocycles. The average molecular weight is 474 g/mol. The van der Waals surface area contributed by atoms with Crippen molar-refractivity contribution in [1.82, 2.24) is 4.90 Å². The number of benzene rings is 2. The van der Waals surface area contributed by atoms with Crippen LogP contribution in [0.4, 0.5) is 11.4 Å². The SMILES string of the molecule is CC[C@H](C)c1ccc(N(CC(=O)N2CCCCCC2)S(=O)(=O)c2cccc([N+](=O)[O-])c2)cc1. The van der Waals surface area contributed by atoms with Crippen molar-refractivity contribution in [3.8, 4) is 0 Å². The fourth-order valence-electron chi connectivity index (χ4n) is 3.95. The van der Waals surface area contributed by atoms with E-state index in [1.165, 1.54) is 18.2 Å². The van der Waals surface area contributed by atoms with Gasteiger partial charge in [0.05, 0.1) is 15.5 Å². The van der Waals surface area contributed by atoms with E-state index in [0.717, 1.165) is 48.0 Å².